The van der Waals surface area contributed by atoms with Gasteiger partial charge >= 0.3 is 0 Å². The van der Waals surface area contributed by atoms with Gasteiger partial charge in [0.1, 0.15) is 11.6 Å². The predicted octanol–water partition coefficient (Wildman–Crippen LogP) is 3.22. The van der Waals surface area contributed by atoms with Crippen LogP contribution >= 0.6 is 0 Å². The van der Waals surface area contributed by atoms with Gasteiger partial charge in [-0.1, -0.05) is 18.2 Å². The molecule has 136 valence electrons. The van der Waals surface area contributed by atoms with E-state index in [4.69, 9.17) is 10.00 Å². The average Bonchev–Trinajstić information content (AvgIpc) is 2.67. The molecular weight excluding hydrogens is 331 g/mol. The Morgan fingerprint density at radius 3 is 2.73 bits per heavy atom. The van der Waals surface area contributed by atoms with Gasteiger partial charge in [0.05, 0.1) is 24.8 Å². The Morgan fingerprint density at radius 2 is 2.00 bits per heavy atom. The number of rotatable bonds is 8. The molecule has 0 radical (unpaired) electrons. The van der Waals surface area contributed by atoms with Crippen molar-refractivity contribution in [1.82, 2.24) is 10.6 Å². The molecule has 0 saturated heterocycles. The van der Waals surface area contributed by atoms with Gasteiger partial charge in [0.15, 0.2) is 5.96 Å². The fraction of sp³-hybridized carbons (Fsp3) is 0.300. The number of benzene rings is 2. The largest absolute Gasteiger partial charge is 0.494 e. The Bertz CT molecular complexity index is 756. The van der Waals surface area contributed by atoms with Crippen LogP contribution in [0.1, 0.15) is 24.5 Å². The van der Waals surface area contributed by atoms with E-state index in [0.29, 0.717) is 36.8 Å². The highest BCUT2D eigenvalue weighted by atomic mass is 19.1. The van der Waals surface area contributed by atoms with Crippen LogP contribution in [0.15, 0.2) is 53.5 Å². The number of hydrogen-bond donors (Lipinski definition) is 2. The number of ether oxygens (including phenoxy) is 1. The summed E-state index contributed by atoms with van der Waals surface area (Å²) in [6, 6.07) is 15.9. The molecule has 2 aromatic carbocycles. The summed E-state index contributed by atoms with van der Waals surface area (Å²) in [4.78, 5) is 4.38. The first kappa shape index (κ1) is 19.3. The van der Waals surface area contributed by atoms with E-state index in [1.165, 1.54) is 18.2 Å². The first-order chi connectivity index (χ1) is 12.7. The molecule has 0 aliphatic heterocycles. The Morgan fingerprint density at radius 1 is 1.19 bits per heavy atom. The van der Waals surface area contributed by atoms with Crippen molar-refractivity contribution < 1.29 is 9.13 Å². The molecule has 0 atom stereocenters. The highest BCUT2D eigenvalue weighted by Gasteiger charge is 2.04. The van der Waals surface area contributed by atoms with Crippen LogP contribution in [0.5, 0.6) is 5.75 Å². The number of nitrogens with zero attached hydrogens (tertiary/aromatic N) is 2. The van der Waals surface area contributed by atoms with Crippen LogP contribution in [0.25, 0.3) is 0 Å². The van der Waals surface area contributed by atoms with Crippen molar-refractivity contribution in [3.05, 3.63) is 65.5 Å². The minimum Gasteiger partial charge on any atom is -0.494 e. The Labute approximate surface area is 153 Å². The quantitative estimate of drug-likeness (QED) is 0.434. The number of aliphatic imine (C=N–C) groups is 1. The molecule has 2 rings (SSSR count). The normalized spacial score (nSPS) is 10.9. The molecule has 0 aromatic heterocycles. The summed E-state index contributed by atoms with van der Waals surface area (Å²) in [5.41, 5.74) is 0.821. The number of nitriles is 1. The number of nitrogens with one attached hydrogen (secondary N) is 2. The standard InChI is InChI=1S/C20H23FN4O/c1-2-23-20(24-11-6-12-26-18-7-4-3-5-8-18)25-15-17-13-16(14-22)9-10-19(17)21/h3-5,7-10,13H,2,6,11-12,15H2,1H3,(H2,23,24,25). The molecule has 0 aliphatic carbocycles. The summed E-state index contributed by atoms with van der Waals surface area (Å²) >= 11 is 0. The van der Waals surface area contributed by atoms with Crippen LogP contribution in [0.3, 0.4) is 0 Å². The fourth-order valence-corrected chi connectivity index (χ4v) is 2.26. The molecule has 0 aliphatic rings. The van der Waals surface area contributed by atoms with E-state index in [0.717, 1.165) is 12.2 Å². The zero-order valence-electron chi connectivity index (χ0n) is 14.8. The molecule has 0 unspecified atom stereocenters. The summed E-state index contributed by atoms with van der Waals surface area (Å²) in [5, 5.41) is 15.2. The van der Waals surface area contributed by atoms with E-state index in [9.17, 15) is 4.39 Å². The number of hydrogen-bond acceptors (Lipinski definition) is 3. The predicted molar refractivity (Wildman–Crippen MR) is 100 cm³/mol. The number of guanidine groups is 1. The molecule has 2 aromatic rings. The van der Waals surface area contributed by atoms with Crippen molar-refractivity contribution in [2.45, 2.75) is 19.9 Å². The maximum absolute atomic E-state index is 13.8. The van der Waals surface area contributed by atoms with E-state index >= 15 is 0 Å². The van der Waals surface area contributed by atoms with Crippen molar-refractivity contribution in [2.24, 2.45) is 4.99 Å². The second-order valence-electron chi connectivity index (χ2n) is 5.56. The summed E-state index contributed by atoms with van der Waals surface area (Å²) in [6.07, 6.45) is 0.803. The fourth-order valence-electron chi connectivity index (χ4n) is 2.26. The zero-order chi connectivity index (χ0) is 18.6. The molecule has 5 nitrogen and oxygen atoms in total. The minimum atomic E-state index is -0.361. The Balaban J connectivity index is 1.82. The third-order valence-electron chi connectivity index (χ3n) is 3.55. The van der Waals surface area contributed by atoms with Crippen LogP contribution in [-0.2, 0) is 6.54 Å². The number of para-hydroxylation sites is 1. The van der Waals surface area contributed by atoms with Crippen LogP contribution in [-0.4, -0.2) is 25.7 Å². The molecule has 26 heavy (non-hydrogen) atoms. The summed E-state index contributed by atoms with van der Waals surface area (Å²) in [5.74, 6) is 1.09. The maximum atomic E-state index is 13.8. The van der Waals surface area contributed by atoms with Crippen molar-refractivity contribution in [3.8, 4) is 11.8 Å². The lowest BCUT2D eigenvalue weighted by molar-refractivity contribution is 0.311. The van der Waals surface area contributed by atoms with E-state index in [1.54, 1.807) is 0 Å². The van der Waals surface area contributed by atoms with Gasteiger partial charge in [-0.25, -0.2) is 9.38 Å². The molecular formula is C20H23FN4O. The van der Waals surface area contributed by atoms with E-state index in [-0.39, 0.29) is 12.4 Å². The molecule has 6 heteroatoms. The van der Waals surface area contributed by atoms with Crippen molar-refractivity contribution in [2.75, 3.05) is 19.7 Å². The SMILES string of the molecule is CCNC(=NCc1cc(C#N)ccc1F)NCCCOc1ccccc1. The maximum Gasteiger partial charge on any atom is 0.191 e. The second kappa shape index (κ2) is 10.7. The summed E-state index contributed by atoms with van der Waals surface area (Å²) < 4.78 is 19.5. The van der Waals surface area contributed by atoms with E-state index in [1.807, 2.05) is 43.3 Å². The smallest absolute Gasteiger partial charge is 0.191 e. The van der Waals surface area contributed by atoms with Gasteiger partial charge in [0, 0.05) is 18.7 Å². The van der Waals surface area contributed by atoms with Crippen LogP contribution in [0.2, 0.25) is 0 Å². The average molecular weight is 354 g/mol. The van der Waals surface area contributed by atoms with E-state index in [2.05, 4.69) is 15.6 Å². The summed E-state index contributed by atoms with van der Waals surface area (Å²) in [7, 11) is 0. The zero-order valence-corrected chi connectivity index (χ0v) is 14.8. The molecule has 0 spiro atoms. The lowest BCUT2D eigenvalue weighted by atomic mass is 10.1. The Kier molecular flexibility index (Phi) is 7.94. The van der Waals surface area contributed by atoms with Gasteiger partial charge in [0.2, 0.25) is 0 Å². The molecule has 2 N–H and O–H groups in total. The van der Waals surface area contributed by atoms with Crippen molar-refractivity contribution >= 4 is 5.96 Å². The van der Waals surface area contributed by atoms with Crippen molar-refractivity contribution in [3.63, 3.8) is 0 Å². The van der Waals surface area contributed by atoms with Crippen LogP contribution < -0.4 is 15.4 Å². The topological polar surface area (TPSA) is 69.4 Å². The van der Waals surface area contributed by atoms with Gasteiger partial charge in [0.25, 0.3) is 0 Å². The molecule has 0 bridgehead atoms. The Hall–Kier alpha value is -3.07. The third kappa shape index (κ3) is 6.44. The van der Waals surface area contributed by atoms with Gasteiger partial charge in [-0.05, 0) is 43.7 Å². The second-order valence-corrected chi connectivity index (χ2v) is 5.56. The van der Waals surface area contributed by atoms with E-state index < -0.39 is 0 Å². The number of halogens is 1. The highest BCUT2D eigenvalue weighted by molar-refractivity contribution is 5.79. The molecule has 0 heterocycles. The minimum absolute atomic E-state index is 0.164. The van der Waals surface area contributed by atoms with Gasteiger partial charge < -0.3 is 15.4 Å². The van der Waals surface area contributed by atoms with Crippen molar-refractivity contribution in [1.29, 1.82) is 5.26 Å². The van der Waals surface area contributed by atoms with Gasteiger partial charge in [-0.3, -0.25) is 0 Å². The molecule has 0 amide bonds. The first-order valence-corrected chi connectivity index (χ1v) is 8.61. The molecule has 0 fully saturated rings. The first-order valence-electron chi connectivity index (χ1n) is 8.61. The van der Waals surface area contributed by atoms with Crippen LogP contribution in [0.4, 0.5) is 4.39 Å². The third-order valence-corrected chi connectivity index (χ3v) is 3.55. The van der Waals surface area contributed by atoms with Gasteiger partial charge in [-0.2, -0.15) is 5.26 Å². The van der Waals surface area contributed by atoms with Gasteiger partial charge in [-0.15, -0.1) is 0 Å². The van der Waals surface area contributed by atoms with Crippen LogP contribution in [0, 0.1) is 17.1 Å². The lowest BCUT2D eigenvalue weighted by Gasteiger charge is -2.12. The highest BCUT2D eigenvalue weighted by Crippen LogP contribution is 2.11. The summed E-state index contributed by atoms with van der Waals surface area (Å²) in [6.45, 7) is 4.10. The monoisotopic (exact) mass is 354 g/mol. The molecule has 0 saturated carbocycles. The lowest BCUT2D eigenvalue weighted by Crippen LogP contribution is -2.38.